The maximum Gasteiger partial charge on any atom is 0.251 e. The predicted octanol–water partition coefficient (Wildman–Crippen LogP) is 2.71. The number of carbonyl (C=O) groups is 1. The summed E-state index contributed by atoms with van der Waals surface area (Å²) in [5, 5.41) is 12.5. The van der Waals surface area contributed by atoms with Crippen molar-refractivity contribution in [2.75, 3.05) is 5.33 Å². The fourth-order valence-electron chi connectivity index (χ4n) is 1.30. The van der Waals surface area contributed by atoms with Crippen molar-refractivity contribution in [3.63, 3.8) is 0 Å². The van der Waals surface area contributed by atoms with Gasteiger partial charge in [-0.25, -0.2) is 0 Å². The number of nitrogens with zero attached hydrogens (tertiary/aromatic N) is 1. The summed E-state index contributed by atoms with van der Waals surface area (Å²) in [4.78, 5) is 11.9. The Bertz CT molecular complexity index is 439. The maximum atomic E-state index is 11.9. The Kier molecular flexibility index (Phi) is 5.17. The molecule has 0 radical (unpaired) electrons. The van der Waals surface area contributed by atoms with E-state index in [0.717, 1.165) is 5.33 Å². The number of alkyl halides is 1. The zero-order chi connectivity index (χ0) is 12.8. The molecule has 2 atom stereocenters. The number of hydrogen-bond donors (Lipinski definition) is 1. The lowest BCUT2D eigenvalue weighted by atomic mass is 10.1. The van der Waals surface area contributed by atoms with E-state index in [9.17, 15) is 4.79 Å². The van der Waals surface area contributed by atoms with Gasteiger partial charge in [0.1, 0.15) is 0 Å². The van der Waals surface area contributed by atoms with Crippen LogP contribution in [0.15, 0.2) is 24.3 Å². The van der Waals surface area contributed by atoms with E-state index in [2.05, 4.69) is 28.2 Å². The molecule has 0 fully saturated rings. The summed E-state index contributed by atoms with van der Waals surface area (Å²) < 4.78 is 0. The SMILES string of the molecule is CC(CBr)C(C)NC(=O)c1cccc(C#N)c1. The van der Waals surface area contributed by atoms with Crippen molar-refractivity contribution < 1.29 is 4.79 Å². The third-order valence-corrected chi connectivity index (χ3v) is 3.73. The van der Waals surface area contributed by atoms with E-state index >= 15 is 0 Å². The molecule has 1 aromatic carbocycles. The molecular weight excluding hydrogens is 280 g/mol. The van der Waals surface area contributed by atoms with Crippen molar-refractivity contribution in [3.05, 3.63) is 35.4 Å². The number of rotatable bonds is 4. The summed E-state index contributed by atoms with van der Waals surface area (Å²) in [5.74, 6) is 0.223. The van der Waals surface area contributed by atoms with Gasteiger partial charge in [-0.05, 0) is 31.0 Å². The van der Waals surface area contributed by atoms with Gasteiger partial charge < -0.3 is 5.32 Å². The molecule has 0 bridgehead atoms. The van der Waals surface area contributed by atoms with Crippen molar-refractivity contribution in [2.45, 2.75) is 19.9 Å². The molecule has 90 valence electrons. The van der Waals surface area contributed by atoms with Crippen molar-refractivity contribution in [3.8, 4) is 6.07 Å². The molecule has 0 aliphatic rings. The predicted molar refractivity (Wildman–Crippen MR) is 71.0 cm³/mol. The third kappa shape index (κ3) is 3.86. The third-order valence-electron chi connectivity index (χ3n) is 2.71. The number of halogens is 1. The first kappa shape index (κ1) is 13.7. The van der Waals surface area contributed by atoms with Gasteiger partial charge in [0, 0.05) is 16.9 Å². The van der Waals surface area contributed by atoms with Crippen molar-refractivity contribution in [1.82, 2.24) is 5.32 Å². The van der Waals surface area contributed by atoms with Gasteiger partial charge in [-0.15, -0.1) is 0 Å². The fourth-order valence-corrected chi connectivity index (χ4v) is 1.86. The monoisotopic (exact) mass is 294 g/mol. The van der Waals surface area contributed by atoms with Crippen LogP contribution in [0.25, 0.3) is 0 Å². The first-order chi connectivity index (χ1) is 8.08. The maximum absolute atomic E-state index is 11.9. The molecule has 0 heterocycles. The molecule has 0 aromatic heterocycles. The van der Waals surface area contributed by atoms with E-state index in [-0.39, 0.29) is 11.9 Å². The molecule has 0 aliphatic heterocycles. The number of nitriles is 1. The van der Waals surface area contributed by atoms with E-state index in [1.165, 1.54) is 0 Å². The zero-order valence-electron chi connectivity index (χ0n) is 9.90. The average molecular weight is 295 g/mol. The van der Waals surface area contributed by atoms with E-state index in [1.807, 2.05) is 13.0 Å². The van der Waals surface area contributed by atoms with Crippen molar-refractivity contribution >= 4 is 21.8 Å². The first-order valence-electron chi connectivity index (χ1n) is 5.45. The number of amides is 1. The topological polar surface area (TPSA) is 52.9 Å². The molecule has 0 aliphatic carbocycles. The summed E-state index contributed by atoms with van der Waals surface area (Å²) in [5.41, 5.74) is 1.02. The normalized spacial score (nSPS) is 13.5. The van der Waals surface area contributed by atoms with E-state index < -0.39 is 0 Å². The van der Waals surface area contributed by atoms with Gasteiger partial charge in [0.25, 0.3) is 5.91 Å². The van der Waals surface area contributed by atoms with E-state index in [4.69, 9.17) is 5.26 Å². The highest BCUT2D eigenvalue weighted by molar-refractivity contribution is 9.09. The molecule has 1 amide bonds. The quantitative estimate of drug-likeness (QED) is 0.868. The molecule has 17 heavy (non-hydrogen) atoms. The standard InChI is InChI=1S/C13H15BrN2O/c1-9(7-14)10(2)16-13(17)12-5-3-4-11(6-12)8-15/h3-6,9-10H,7H2,1-2H3,(H,16,17). The molecule has 0 saturated carbocycles. The molecule has 1 rings (SSSR count). The van der Waals surface area contributed by atoms with Crippen LogP contribution in [0.1, 0.15) is 29.8 Å². The van der Waals surface area contributed by atoms with Crippen molar-refractivity contribution in [1.29, 1.82) is 5.26 Å². The molecule has 0 spiro atoms. The van der Waals surface area contributed by atoms with Crippen LogP contribution in [-0.4, -0.2) is 17.3 Å². The summed E-state index contributed by atoms with van der Waals surface area (Å²) in [6, 6.07) is 8.82. The summed E-state index contributed by atoms with van der Waals surface area (Å²) in [6.07, 6.45) is 0. The number of hydrogen-bond acceptors (Lipinski definition) is 2. The van der Waals surface area contributed by atoms with Crippen LogP contribution in [0.3, 0.4) is 0 Å². The zero-order valence-corrected chi connectivity index (χ0v) is 11.5. The van der Waals surface area contributed by atoms with Gasteiger partial charge in [0.05, 0.1) is 11.6 Å². The summed E-state index contributed by atoms with van der Waals surface area (Å²) in [6.45, 7) is 4.03. The molecule has 1 aromatic rings. The average Bonchev–Trinajstić information content (AvgIpc) is 2.37. The van der Waals surface area contributed by atoms with Crippen LogP contribution in [-0.2, 0) is 0 Å². The second-order valence-electron chi connectivity index (χ2n) is 4.09. The van der Waals surface area contributed by atoms with Gasteiger partial charge in [0.2, 0.25) is 0 Å². The Hall–Kier alpha value is -1.34. The van der Waals surface area contributed by atoms with Gasteiger partial charge >= 0.3 is 0 Å². The van der Waals surface area contributed by atoms with Gasteiger partial charge in [-0.3, -0.25) is 4.79 Å². The minimum atomic E-state index is -0.137. The largest absolute Gasteiger partial charge is 0.349 e. The van der Waals surface area contributed by atoms with Crippen LogP contribution >= 0.6 is 15.9 Å². The second kappa shape index (κ2) is 6.41. The fraction of sp³-hybridized carbons (Fsp3) is 0.385. The van der Waals surface area contributed by atoms with Crippen LogP contribution < -0.4 is 5.32 Å². The second-order valence-corrected chi connectivity index (χ2v) is 4.73. The Balaban J connectivity index is 2.73. The van der Waals surface area contributed by atoms with Gasteiger partial charge in [0.15, 0.2) is 0 Å². The lowest BCUT2D eigenvalue weighted by Gasteiger charge is -2.19. The number of benzene rings is 1. The van der Waals surface area contributed by atoms with Crippen LogP contribution in [0.2, 0.25) is 0 Å². The highest BCUT2D eigenvalue weighted by Crippen LogP contribution is 2.08. The molecule has 4 heteroatoms. The number of carbonyl (C=O) groups excluding carboxylic acids is 1. The van der Waals surface area contributed by atoms with Crippen LogP contribution in [0, 0.1) is 17.2 Å². The molecule has 1 N–H and O–H groups in total. The van der Waals surface area contributed by atoms with E-state index in [1.54, 1.807) is 24.3 Å². The summed E-state index contributed by atoms with van der Waals surface area (Å²) >= 11 is 3.39. The van der Waals surface area contributed by atoms with E-state index in [0.29, 0.717) is 17.0 Å². The first-order valence-corrected chi connectivity index (χ1v) is 6.57. The molecule has 3 nitrogen and oxygen atoms in total. The molecule has 2 unspecified atom stereocenters. The smallest absolute Gasteiger partial charge is 0.251 e. The van der Waals surface area contributed by atoms with Crippen LogP contribution in [0.5, 0.6) is 0 Å². The number of nitrogens with one attached hydrogen (secondary N) is 1. The van der Waals surface area contributed by atoms with Crippen molar-refractivity contribution in [2.24, 2.45) is 5.92 Å². The highest BCUT2D eigenvalue weighted by Gasteiger charge is 2.14. The van der Waals surface area contributed by atoms with Gasteiger partial charge in [-0.2, -0.15) is 5.26 Å². The highest BCUT2D eigenvalue weighted by atomic mass is 79.9. The Morgan fingerprint density at radius 2 is 2.24 bits per heavy atom. The lowest BCUT2D eigenvalue weighted by molar-refractivity contribution is 0.0931. The lowest BCUT2D eigenvalue weighted by Crippen LogP contribution is -2.37. The minimum Gasteiger partial charge on any atom is -0.349 e. The molecule has 0 saturated heterocycles. The molecular formula is C13H15BrN2O. The Morgan fingerprint density at radius 3 is 2.82 bits per heavy atom. The van der Waals surface area contributed by atoms with Gasteiger partial charge in [-0.1, -0.05) is 28.9 Å². The Morgan fingerprint density at radius 1 is 1.53 bits per heavy atom. The Labute approximate surface area is 110 Å². The van der Waals surface area contributed by atoms with Crippen LogP contribution in [0.4, 0.5) is 0 Å². The minimum absolute atomic E-state index is 0.0904. The summed E-state index contributed by atoms with van der Waals surface area (Å²) in [7, 11) is 0.